The van der Waals surface area contributed by atoms with Crippen molar-refractivity contribution in [1.82, 2.24) is 5.16 Å². The standard InChI is InChI=1S/C24H25N3O7/c1-4-31-19-9-7-6-8-18(19)25-23(28)15-33-20-12-10-17(14-22(20)32-5-2)11-13-21-24(27(29)30)16(3)26-34-21/h6-14H,4-5,15H2,1-3H3,(H,25,28)/b13-11+. The summed E-state index contributed by atoms with van der Waals surface area (Å²) in [5, 5.41) is 17.6. The number of hydrogen-bond donors (Lipinski definition) is 1. The van der Waals surface area contributed by atoms with Crippen molar-refractivity contribution in [3.8, 4) is 17.2 Å². The molecule has 0 atom stereocenters. The van der Waals surface area contributed by atoms with Gasteiger partial charge >= 0.3 is 5.69 Å². The van der Waals surface area contributed by atoms with Crippen molar-refractivity contribution in [1.29, 1.82) is 0 Å². The first-order valence-electron chi connectivity index (χ1n) is 10.6. The fourth-order valence-corrected chi connectivity index (χ4v) is 3.08. The number of aromatic nitrogens is 1. The van der Waals surface area contributed by atoms with Crippen LogP contribution in [0.4, 0.5) is 11.4 Å². The number of nitrogens with zero attached hydrogens (tertiary/aromatic N) is 2. The molecule has 0 radical (unpaired) electrons. The molecular formula is C24H25N3O7. The zero-order valence-electron chi connectivity index (χ0n) is 19.1. The summed E-state index contributed by atoms with van der Waals surface area (Å²) in [7, 11) is 0. The van der Waals surface area contributed by atoms with Gasteiger partial charge in [-0.05, 0) is 56.7 Å². The molecule has 2 aromatic carbocycles. The van der Waals surface area contributed by atoms with E-state index in [9.17, 15) is 14.9 Å². The van der Waals surface area contributed by atoms with E-state index >= 15 is 0 Å². The molecule has 0 saturated heterocycles. The van der Waals surface area contributed by atoms with Crippen LogP contribution in [0.2, 0.25) is 0 Å². The summed E-state index contributed by atoms with van der Waals surface area (Å²) in [5.74, 6) is 1.08. The Morgan fingerprint density at radius 2 is 1.79 bits per heavy atom. The lowest BCUT2D eigenvalue weighted by Gasteiger charge is -2.14. The highest BCUT2D eigenvalue weighted by atomic mass is 16.6. The number of aryl methyl sites for hydroxylation is 1. The Balaban J connectivity index is 1.70. The van der Waals surface area contributed by atoms with Crippen LogP contribution in [0.1, 0.15) is 30.9 Å². The number of carbonyl (C=O) groups excluding carboxylic acids is 1. The summed E-state index contributed by atoms with van der Waals surface area (Å²) in [6, 6.07) is 12.2. The van der Waals surface area contributed by atoms with Gasteiger partial charge in [-0.15, -0.1) is 0 Å². The lowest BCUT2D eigenvalue weighted by atomic mass is 10.1. The number of carbonyl (C=O) groups is 1. The first-order valence-corrected chi connectivity index (χ1v) is 10.6. The van der Waals surface area contributed by atoms with Crippen molar-refractivity contribution in [2.75, 3.05) is 25.1 Å². The molecule has 0 fully saturated rings. The third kappa shape index (κ3) is 6.12. The largest absolute Gasteiger partial charge is 0.492 e. The van der Waals surface area contributed by atoms with Crippen LogP contribution in [0.15, 0.2) is 47.0 Å². The van der Waals surface area contributed by atoms with Crippen LogP contribution in [0.25, 0.3) is 12.2 Å². The molecule has 1 aromatic heterocycles. The summed E-state index contributed by atoms with van der Waals surface area (Å²) in [4.78, 5) is 23.1. The molecule has 1 amide bonds. The number of rotatable bonds is 11. The zero-order valence-corrected chi connectivity index (χ0v) is 19.1. The Hall–Kier alpha value is -4.34. The minimum atomic E-state index is -0.536. The van der Waals surface area contributed by atoms with Crippen LogP contribution in [-0.2, 0) is 4.79 Å². The van der Waals surface area contributed by atoms with Crippen LogP contribution < -0.4 is 19.5 Å². The Kier molecular flexibility index (Phi) is 8.22. The van der Waals surface area contributed by atoms with Crippen molar-refractivity contribution >= 4 is 29.4 Å². The Bertz CT molecular complexity index is 1190. The molecule has 1 heterocycles. The van der Waals surface area contributed by atoms with Gasteiger partial charge in [-0.3, -0.25) is 14.9 Å². The normalized spacial score (nSPS) is 10.8. The van der Waals surface area contributed by atoms with Gasteiger partial charge in [0.05, 0.1) is 23.8 Å². The van der Waals surface area contributed by atoms with Crippen molar-refractivity contribution < 1.29 is 28.5 Å². The molecule has 0 aliphatic carbocycles. The highest BCUT2D eigenvalue weighted by molar-refractivity contribution is 5.93. The predicted molar refractivity (Wildman–Crippen MR) is 126 cm³/mol. The lowest BCUT2D eigenvalue weighted by Crippen LogP contribution is -2.20. The summed E-state index contributed by atoms with van der Waals surface area (Å²) in [6.07, 6.45) is 3.10. The monoisotopic (exact) mass is 467 g/mol. The van der Waals surface area contributed by atoms with E-state index in [0.717, 1.165) is 0 Å². The third-order valence-electron chi connectivity index (χ3n) is 4.55. The highest BCUT2D eigenvalue weighted by Gasteiger charge is 2.22. The first kappa shape index (κ1) is 24.3. The number of nitro groups is 1. The second kappa shape index (κ2) is 11.5. The van der Waals surface area contributed by atoms with Crippen LogP contribution in [0.3, 0.4) is 0 Å². The maximum atomic E-state index is 12.4. The molecule has 0 aliphatic rings. The molecule has 34 heavy (non-hydrogen) atoms. The van der Waals surface area contributed by atoms with Gasteiger partial charge in [0.15, 0.2) is 23.8 Å². The summed E-state index contributed by atoms with van der Waals surface area (Å²) in [6.45, 7) is 5.81. The smallest absolute Gasteiger partial charge is 0.338 e. The number of para-hydroxylation sites is 2. The maximum absolute atomic E-state index is 12.4. The first-order chi connectivity index (χ1) is 16.4. The molecule has 10 nitrogen and oxygen atoms in total. The van der Waals surface area contributed by atoms with Gasteiger partial charge in [-0.1, -0.05) is 29.4 Å². The van der Waals surface area contributed by atoms with E-state index < -0.39 is 4.92 Å². The summed E-state index contributed by atoms with van der Waals surface area (Å²) >= 11 is 0. The van der Waals surface area contributed by atoms with E-state index in [2.05, 4.69) is 10.5 Å². The van der Waals surface area contributed by atoms with Gasteiger partial charge in [0.2, 0.25) is 5.76 Å². The van der Waals surface area contributed by atoms with Gasteiger partial charge in [0, 0.05) is 0 Å². The van der Waals surface area contributed by atoms with Gasteiger partial charge in [-0.25, -0.2) is 0 Å². The number of ether oxygens (including phenoxy) is 3. The molecule has 3 aromatic rings. The summed E-state index contributed by atoms with van der Waals surface area (Å²) in [5.41, 5.74) is 1.26. The van der Waals surface area contributed by atoms with E-state index in [4.69, 9.17) is 18.7 Å². The van der Waals surface area contributed by atoms with E-state index in [1.807, 2.05) is 19.9 Å². The van der Waals surface area contributed by atoms with Crippen LogP contribution in [0, 0.1) is 17.0 Å². The number of nitrogens with one attached hydrogen (secondary N) is 1. The van der Waals surface area contributed by atoms with Crippen molar-refractivity contribution in [2.24, 2.45) is 0 Å². The zero-order chi connectivity index (χ0) is 24.5. The average Bonchev–Trinajstić information content (AvgIpc) is 3.19. The molecule has 0 aliphatic heterocycles. The Morgan fingerprint density at radius 1 is 1.06 bits per heavy atom. The van der Waals surface area contributed by atoms with Gasteiger partial charge in [0.1, 0.15) is 5.75 Å². The van der Waals surface area contributed by atoms with E-state index in [1.165, 1.54) is 13.0 Å². The van der Waals surface area contributed by atoms with E-state index in [1.54, 1.807) is 42.5 Å². The second-order valence-electron chi connectivity index (χ2n) is 6.98. The number of anilines is 1. The quantitative estimate of drug-likeness (QED) is 0.312. The fraction of sp³-hybridized carbons (Fsp3) is 0.250. The van der Waals surface area contributed by atoms with Crippen LogP contribution in [-0.4, -0.2) is 35.8 Å². The van der Waals surface area contributed by atoms with Crippen LogP contribution >= 0.6 is 0 Å². The third-order valence-corrected chi connectivity index (χ3v) is 4.55. The van der Waals surface area contributed by atoms with Crippen molar-refractivity contribution in [3.05, 3.63) is 69.6 Å². The minimum Gasteiger partial charge on any atom is -0.492 e. The lowest BCUT2D eigenvalue weighted by molar-refractivity contribution is -0.386. The minimum absolute atomic E-state index is 0.0461. The molecule has 178 valence electrons. The van der Waals surface area contributed by atoms with Gasteiger partial charge < -0.3 is 24.1 Å². The van der Waals surface area contributed by atoms with E-state index in [-0.39, 0.29) is 29.7 Å². The number of hydrogen-bond acceptors (Lipinski definition) is 8. The topological polar surface area (TPSA) is 126 Å². The SMILES string of the molecule is CCOc1ccccc1NC(=O)COc1ccc(/C=C/c2onc(C)c2[N+](=O)[O-])cc1OCC. The molecule has 0 unspecified atom stereocenters. The average molecular weight is 467 g/mol. The predicted octanol–water partition coefficient (Wildman–Crippen LogP) is 4.88. The Labute approximate surface area is 196 Å². The van der Waals surface area contributed by atoms with Crippen LogP contribution in [0.5, 0.6) is 17.2 Å². The highest BCUT2D eigenvalue weighted by Crippen LogP contribution is 2.31. The van der Waals surface area contributed by atoms with Crippen molar-refractivity contribution in [3.63, 3.8) is 0 Å². The Morgan fingerprint density at radius 3 is 2.53 bits per heavy atom. The summed E-state index contributed by atoms with van der Waals surface area (Å²) < 4.78 is 21.9. The fourth-order valence-electron chi connectivity index (χ4n) is 3.08. The molecule has 3 rings (SSSR count). The molecular weight excluding hydrogens is 442 g/mol. The maximum Gasteiger partial charge on any atom is 0.338 e. The molecule has 0 spiro atoms. The van der Waals surface area contributed by atoms with E-state index in [0.29, 0.717) is 41.7 Å². The molecule has 0 saturated carbocycles. The number of benzene rings is 2. The second-order valence-corrected chi connectivity index (χ2v) is 6.98. The van der Waals surface area contributed by atoms with Gasteiger partial charge in [0.25, 0.3) is 5.91 Å². The van der Waals surface area contributed by atoms with Crippen molar-refractivity contribution in [2.45, 2.75) is 20.8 Å². The molecule has 10 heteroatoms. The molecule has 1 N–H and O–H groups in total. The van der Waals surface area contributed by atoms with Gasteiger partial charge in [-0.2, -0.15) is 0 Å². The molecule has 0 bridgehead atoms. The number of amides is 1.